The van der Waals surface area contributed by atoms with E-state index in [2.05, 4.69) is 15.5 Å². The molecule has 0 aliphatic rings. The number of amides is 1. The van der Waals surface area contributed by atoms with Crippen LogP contribution < -0.4 is 10.1 Å². The summed E-state index contributed by atoms with van der Waals surface area (Å²) in [4.78, 5) is 12.2. The Morgan fingerprint density at radius 1 is 1.31 bits per heavy atom. The zero-order chi connectivity index (χ0) is 21.1. The van der Waals surface area contributed by atoms with Crippen LogP contribution in [-0.2, 0) is 18.1 Å². The Bertz CT molecular complexity index is 1030. The Kier molecular flexibility index (Phi) is 6.17. The molecule has 1 amide bonds. The number of anilines is 1. The predicted molar refractivity (Wildman–Crippen MR) is 104 cm³/mol. The van der Waals surface area contributed by atoms with E-state index < -0.39 is 18.0 Å². The molecule has 2 aromatic heterocycles. The minimum Gasteiger partial charge on any atom is -0.471 e. The number of ether oxygens (including phenoxy) is 1. The molecule has 154 valence electrons. The average molecular weight is 424 g/mol. The van der Waals surface area contributed by atoms with E-state index >= 15 is 0 Å². The molecule has 0 fully saturated rings. The highest BCUT2D eigenvalue weighted by Gasteiger charge is 2.21. The monoisotopic (exact) mass is 423 g/mol. The molecule has 0 saturated heterocycles. The molecule has 2 heterocycles. The van der Waals surface area contributed by atoms with E-state index in [9.17, 15) is 13.6 Å². The number of halogens is 3. The van der Waals surface area contributed by atoms with E-state index in [0.717, 1.165) is 21.6 Å². The van der Waals surface area contributed by atoms with E-state index in [-0.39, 0.29) is 18.3 Å². The van der Waals surface area contributed by atoms with Gasteiger partial charge in [-0.3, -0.25) is 9.48 Å². The second-order valence-corrected chi connectivity index (χ2v) is 6.98. The highest BCUT2D eigenvalue weighted by Crippen LogP contribution is 2.28. The van der Waals surface area contributed by atoms with Crippen LogP contribution >= 0.6 is 11.6 Å². The number of alkyl halides is 2. The molecular formula is C19H20ClF2N5O2. The number of nitrogens with one attached hydrogen (secondary N) is 1. The summed E-state index contributed by atoms with van der Waals surface area (Å²) in [7, 11) is 0. The summed E-state index contributed by atoms with van der Waals surface area (Å²) in [5.41, 5.74) is 2.38. The van der Waals surface area contributed by atoms with Gasteiger partial charge in [0.2, 0.25) is 5.91 Å². The van der Waals surface area contributed by atoms with Crippen molar-refractivity contribution in [2.75, 3.05) is 5.32 Å². The molecule has 0 aliphatic carbocycles. The first-order valence-electron chi connectivity index (χ1n) is 8.78. The van der Waals surface area contributed by atoms with Gasteiger partial charge in [0.25, 0.3) is 6.43 Å². The maximum Gasteiger partial charge on any atom is 0.283 e. The van der Waals surface area contributed by atoms with Gasteiger partial charge < -0.3 is 10.1 Å². The fourth-order valence-electron chi connectivity index (χ4n) is 2.77. The van der Waals surface area contributed by atoms with Crippen molar-refractivity contribution in [3.8, 4) is 5.75 Å². The third kappa shape index (κ3) is 4.92. The third-order valence-corrected chi connectivity index (χ3v) is 4.73. The molecule has 3 rings (SSSR count). The predicted octanol–water partition coefficient (Wildman–Crippen LogP) is 4.27. The standard InChI is InChI=1S/C19H20ClF2N5O2/c1-11-4-5-15(12(2)6-11)29-10-26-8-14(7-23-26)24-16(28)9-27-13(3)17(20)18(25-27)19(21)22/h4-8,19H,9-10H2,1-3H3,(H,24,28). The van der Waals surface area contributed by atoms with Crippen molar-refractivity contribution in [2.24, 2.45) is 0 Å². The van der Waals surface area contributed by atoms with Crippen molar-refractivity contribution in [1.82, 2.24) is 19.6 Å². The lowest BCUT2D eigenvalue weighted by molar-refractivity contribution is -0.117. The lowest BCUT2D eigenvalue weighted by Crippen LogP contribution is -2.20. The first kappa shape index (κ1) is 20.8. The van der Waals surface area contributed by atoms with Crippen LogP contribution in [0.1, 0.15) is 28.9 Å². The van der Waals surface area contributed by atoms with E-state index in [1.54, 1.807) is 6.20 Å². The molecule has 3 aromatic rings. The lowest BCUT2D eigenvalue weighted by Gasteiger charge is -2.09. The summed E-state index contributed by atoms with van der Waals surface area (Å²) < 4.78 is 34.1. The minimum atomic E-state index is -2.80. The van der Waals surface area contributed by atoms with Gasteiger partial charge in [0.1, 0.15) is 18.0 Å². The van der Waals surface area contributed by atoms with Crippen LogP contribution in [0, 0.1) is 20.8 Å². The number of hydrogen-bond donors (Lipinski definition) is 1. The molecule has 7 nitrogen and oxygen atoms in total. The zero-order valence-electron chi connectivity index (χ0n) is 16.1. The van der Waals surface area contributed by atoms with Crippen molar-refractivity contribution in [2.45, 2.75) is 40.5 Å². The highest BCUT2D eigenvalue weighted by molar-refractivity contribution is 6.31. The summed E-state index contributed by atoms with van der Waals surface area (Å²) in [6.45, 7) is 5.41. The van der Waals surface area contributed by atoms with E-state index in [1.807, 2.05) is 32.0 Å². The van der Waals surface area contributed by atoms with Crippen LogP contribution in [0.15, 0.2) is 30.6 Å². The summed E-state index contributed by atoms with van der Waals surface area (Å²) in [6.07, 6.45) is 0.270. The van der Waals surface area contributed by atoms with E-state index in [0.29, 0.717) is 11.4 Å². The van der Waals surface area contributed by atoms with Gasteiger partial charge in [-0.05, 0) is 32.4 Å². The zero-order valence-corrected chi connectivity index (χ0v) is 16.9. The van der Waals surface area contributed by atoms with Crippen molar-refractivity contribution in [3.63, 3.8) is 0 Å². The minimum absolute atomic E-state index is 0.135. The third-order valence-electron chi connectivity index (χ3n) is 4.26. The second kappa shape index (κ2) is 8.60. The van der Waals surface area contributed by atoms with Crippen LogP contribution in [0.5, 0.6) is 5.75 Å². The van der Waals surface area contributed by atoms with Gasteiger partial charge in [0, 0.05) is 0 Å². The van der Waals surface area contributed by atoms with Gasteiger partial charge in [-0.15, -0.1) is 0 Å². The van der Waals surface area contributed by atoms with E-state index in [4.69, 9.17) is 16.3 Å². The fraction of sp³-hybridized carbons (Fsp3) is 0.316. The van der Waals surface area contributed by atoms with Crippen molar-refractivity contribution in [1.29, 1.82) is 0 Å². The number of benzene rings is 1. The summed E-state index contributed by atoms with van der Waals surface area (Å²) in [5.74, 6) is 0.306. The number of carbonyl (C=O) groups is 1. The number of aromatic nitrogens is 4. The number of hydrogen-bond acceptors (Lipinski definition) is 4. The van der Waals surface area contributed by atoms with Crippen molar-refractivity contribution >= 4 is 23.2 Å². The molecule has 0 radical (unpaired) electrons. The van der Waals surface area contributed by atoms with Crippen LogP contribution in [-0.4, -0.2) is 25.5 Å². The molecule has 0 saturated carbocycles. The maximum atomic E-state index is 12.9. The molecule has 29 heavy (non-hydrogen) atoms. The smallest absolute Gasteiger partial charge is 0.283 e. The Morgan fingerprint density at radius 3 is 2.72 bits per heavy atom. The van der Waals surface area contributed by atoms with Crippen molar-refractivity contribution < 1.29 is 18.3 Å². The number of nitrogens with zero attached hydrogens (tertiary/aromatic N) is 4. The number of aryl methyl sites for hydroxylation is 2. The molecule has 0 atom stereocenters. The Morgan fingerprint density at radius 2 is 2.07 bits per heavy atom. The van der Waals surface area contributed by atoms with Gasteiger partial charge in [0.15, 0.2) is 6.73 Å². The molecular weight excluding hydrogens is 404 g/mol. The molecule has 0 bridgehead atoms. The first-order chi connectivity index (χ1) is 13.7. The topological polar surface area (TPSA) is 74.0 Å². The summed E-state index contributed by atoms with van der Waals surface area (Å²) in [5, 5.41) is 10.3. The normalized spacial score (nSPS) is 11.1. The van der Waals surface area contributed by atoms with Crippen LogP contribution in [0.4, 0.5) is 14.5 Å². The molecule has 0 aliphatic heterocycles. The summed E-state index contributed by atoms with van der Waals surface area (Å²) >= 11 is 5.84. The Labute approximate surface area is 171 Å². The van der Waals surface area contributed by atoms with Gasteiger partial charge in [-0.1, -0.05) is 29.3 Å². The van der Waals surface area contributed by atoms with Gasteiger partial charge in [0.05, 0.1) is 28.8 Å². The molecule has 0 spiro atoms. The molecule has 10 heteroatoms. The Hall–Kier alpha value is -2.94. The van der Waals surface area contributed by atoms with Gasteiger partial charge >= 0.3 is 0 Å². The molecule has 0 unspecified atom stereocenters. The van der Waals surface area contributed by atoms with Crippen LogP contribution in [0.2, 0.25) is 5.02 Å². The quantitative estimate of drug-likeness (QED) is 0.615. The second-order valence-electron chi connectivity index (χ2n) is 6.60. The fourth-order valence-corrected chi connectivity index (χ4v) is 2.99. The van der Waals surface area contributed by atoms with E-state index in [1.165, 1.54) is 17.8 Å². The maximum absolute atomic E-state index is 12.9. The van der Waals surface area contributed by atoms with Gasteiger partial charge in [-0.2, -0.15) is 10.2 Å². The number of rotatable bonds is 7. The highest BCUT2D eigenvalue weighted by atomic mass is 35.5. The molecule has 1 aromatic carbocycles. The Balaban J connectivity index is 1.58. The molecule has 1 N–H and O–H groups in total. The number of carbonyl (C=O) groups excluding carboxylic acids is 1. The van der Waals surface area contributed by atoms with Crippen LogP contribution in [0.25, 0.3) is 0 Å². The van der Waals surface area contributed by atoms with Gasteiger partial charge in [-0.25, -0.2) is 13.5 Å². The lowest BCUT2D eigenvalue weighted by atomic mass is 10.1. The summed E-state index contributed by atoms with van der Waals surface area (Å²) in [6, 6.07) is 5.87. The SMILES string of the molecule is Cc1ccc(OCn2cc(NC(=O)Cn3nc(C(F)F)c(Cl)c3C)cn2)c(C)c1. The first-order valence-corrected chi connectivity index (χ1v) is 9.15. The largest absolute Gasteiger partial charge is 0.471 e. The van der Waals surface area contributed by atoms with Crippen molar-refractivity contribution in [3.05, 3.63) is 58.1 Å². The average Bonchev–Trinajstić information content (AvgIpc) is 3.20. The van der Waals surface area contributed by atoms with Crippen LogP contribution in [0.3, 0.4) is 0 Å².